The van der Waals surface area contributed by atoms with E-state index < -0.39 is 0 Å². The zero-order valence-electron chi connectivity index (χ0n) is 13.2. The van der Waals surface area contributed by atoms with E-state index in [4.69, 9.17) is 4.74 Å². The summed E-state index contributed by atoms with van der Waals surface area (Å²) in [5, 5.41) is 3.68. The van der Waals surface area contributed by atoms with Gasteiger partial charge in [0.2, 0.25) is 0 Å². The molecule has 1 aromatic carbocycles. The van der Waals surface area contributed by atoms with E-state index in [0.717, 1.165) is 31.2 Å². The van der Waals surface area contributed by atoms with Gasteiger partial charge in [-0.15, -0.1) is 0 Å². The first kappa shape index (κ1) is 15.4. The second-order valence-corrected chi connectivity index (χ2v) is 6.33. The third-order valence-corrected chi connectivity index (χ3v) is 4.24. The van der Waals surface area contributed by atoms with Crippen molar-refractivity contribution in [3.63, 3.8) is 0 Å². The van der Waals surface area contributed by atoms with Crippen LogP contribution in [0.15, 0.2) is 24.3 Å². The summed E-state index contributed by atoms with van der Waals surface area (Å²) in [6.45, 7) is 8.76. The predicted octanol–water partition coefficient (Wildman–Crippen LogP) is 4.36. The highest BCUT2D eigenvalue weighted by Gasteiger charge is 2.24. The summed E-state index contributed by atoms with van der Waals surface area (Å²) in [5.41, 5.74) is 1.41. The molecule has 0 saturated carbocycles. The van der Waals surface area contributed by atoms with Crippen molar-refractivity contribution >= 4 is 0 Å². The zero-order chi connectivity index (χ0) is 14.4. The topological polar surface area (TPSA) is 21.3 Å². The predicted molar refractivity (Wildman–Crippen MR) is 85.4 cm³/mol. The van der Waals surface area contributed by atoms with Crippen molar-refractivity contribution in [2.75, 3.05) is 13.2 Å². The minimum Gasteiger partial charge on any atom is -0.493 e. The van der Waals surface area contributed by atoms with Crippen LogP contribution >= 0.6 is 0 Å². The van der Waals surface area contributed by atoms with Crippen LogP contribution in [0.4, 0.5) is 0 Å². The van der Waals surface area contributed by atoms with Crippen LogP contribution in [0.3, 0.4) is 0 Å². The fourth-order valence-electron chi connectivity index (χ4n) is 3.13. The molecule has 2 heteroatoms. The first-order valence-corrected chi connectivity index (χ1v) is 8.15. The molecule has 0 radical (unpaired) electrons. The van der Waals surface area contributed by atoms with Crippen molar-refractivity contribution in [1.82, 2.24) is 5.32 Å². The van der Waals surface area contributed by atoms with Gasteiger partial charge in [-0.05, 0) is 55.7 Å². The average molecular weight is 275 g/mol. The Morgan fingerprint density at radius 1 is 1.25 bits per heavy atom. The van der Waals surface area contributed by atoms with E-state index in [-0.39, 0.29) is 0 Å². The molecule has 2 rings (SSSR count). The van der Waals surface area contributed by atoms with Crippen molar-refractivity contribution in [1.29, 1.82) is 0 Å². The second kappa shape index (κ2) is 7.68. The minimum absolute atomic E-state index is 0.638. The highest BCUT2D eigenvalue weighted by Crippen LogP contribution is 2.36. The second-order valence-electron chi connectivity index (χ2n) is 6.33. The van der Waals surface area contributed by atoms with E-state index in [1.165, 1.54) is 24.8 Å². The molecule has 0 aliphatic carbocycles. The molecule has 0 amide bonds. The molecule has 112 valence electrons. The molecule has 0 spiro atoms. The van der Waals surface area contributed by atoms with E-state index in [1.54, 1.807) is 0 Å². The van der Waals surface area contributed by atoms with Gasteiger partial charge < -0.3 is 10.1 Å². The number of hydrogen-bond acceptors (Lipinski definition) is 2. The van der Waals surface area contributed by atoms with E-state index in [2.05, 4.69) is 50.4 Å². The number of para-hydroxylation sites is 1. The Labute approximate surface area is 123 Å². The Bertz CT molecular complexity index is 402. The van der Waals surface area contributed by atoms with Gasteiger partial charge in [0.05, 0.1) is 6.61 Å². The van der Waals surface area contributed by atoms with Crippen LogP contribution in [-0.2, 0) is 0 Å². The van der Waals surface area contributed by atoms with E-state index in [9.17, 15) is 0 Å². The van der Waals surface area contributed by atoms with Crippen molar-refractivity contribution in [2.24, 2.45) is 5.92 Å². The molecule has 2 atom stereocenters. The number of ether oxygens (including phenoxy) is 1. The van der Waals surface area contributed by atoms with Crippen molar-refractivity contribution < 1.29 is 4.74 Å². The molecule has 2 unspecified atom stereocenters. The summed E-state index contributed by atoms with van der Waals surface area (Å²) < 4.78 is 5.77. The Morgan fingerprint density at radius 2 is 2.05 bits per heavy atom. The van der Waals surface area contributed by atoms with Crippen LogP contribution in [-0.4, -0.2) is 19.2 Å². The monoisotopic (exact) mass is 275 g/mol. The third-order valence-electron chi connectivity index (χ3n) is 4.24. The van der Waals surface area contributed by atoms with Crippen molar-refractivity contribution in [3.8, 4) is 5.75 Å². The quantitative estimate of drug-likeness (QED) is 0.798. The molecule has 0 fully saturated rings. The summed E-state index contributed by atoms with van der Waals surface area (Å²) >= 11 is 0. The molecule has 1 aromatic rings. The summed E-state index contributed by atoms with van der Waals surface area (Å²) in [5.74, 6) is 2.54. The largest absolute Gasteiger partial charge is 0.493 e. The number of nitrogens with one attached hydrogen (secondary N) is 1. The molecule has 2 nitrogen and oxygen atoms in total. The van der Waals surface area contributed by atoms with Crippen LogP contribution in [0.25, 0.3) is 0 Å². The molecule has 1 aliphatic heterocycles. The molecule has 0 aromatic heterocycles. The van der Waals surface area contributed by atoms with Gasteiger partial charge in [-0.1, -0.05) is 39.0 Å². The smallest absolute Gasteiger partial charge is 0.122 e. The van der Waals surface area contributed by atoms with E-state index in [0.29, 0.717) is 12.0 Å². The van der Waals surface area contributed by atoms with Crippen LogP contribution in [0, 0.1) is 5.92 Å². The lowest BCUT2D eigenvalue weighted by atomic mass is 9.85. The highest BCUT2D eigenvalue weighted by molar-refractivity contribution is 5.37. The fraction of sp³-hybridized carbons (Fsp3) is 0.667. The maximum atomic E-state index is 5.77. The van der Waals surface area contributed by atoms with Crippen molar-refractivity contribution in [2.45, 2.75) is 58.4 Å². The van der Waals surface area contributed by atoms with Crippen LogP contribution in [0.2, 0.25) is 0 Å². The lowest BCUT2D eigenvalue weighted by Crippen LogP contribution is -2.32. The Kier molecular flexibility index (Phi) is 5.90. The minimum atomic E-state index is 0.638. The molecule has 1 heterocycles. The standard InChI is InChI=1S/C18H29NO/c1-4-19-16(10-9-14(2)3)13-15-11-12-20-18-8-6-5-7-17(15)18/h5-8,14-16,19H,4,9-13H2,1-3H3. The normalized spacial score (nSPS) is 19.5. The van der Waals surface area contributed by atoms with E-state index in [1.807, 2.05) is 0 Å². The first-order chi connectivity index (χ1) is 9.70. The highest BCUT2D eigenvalue weighted by atomic mass is 16.5. The van der Waals surface area contributed by atoms with Gasteiger partial charge >= 0.3 is 0 Å². The fourth-order valence-corrected chi connectivity index (χ4v) is 3.13. The molecule has 0 bridgehead atoms. The summed E-state index contributed by atoms with van der Waals surface area (Å²) in [6.07, 6.45) is 4.98. The van der Waals surface area contributed by atoms with Crippen LogP contribution < -0.4 is 10.1 Å². The summed E-state index contributed by atoms with van der Waals surface area (Å²) in [6, 6.07) is 9.19. The average Bonchev–Trinajstić information content (AvgIpc) is 2.45. The van der Waals surface area contributed by atoms with Gasteiger partial charge in [0.1, 0.15) is 5.75 Å². The Hall–Kier alpha value is -1.02. The third kappa shape index (κ3) is 4.24. The Morgan fingerprint density at radius 3 is 2.80 bits per heavy atom. The number of rotatable bonds is 7. The van der Waals surface area contributed by atoms with Gasteiger partial charge in [-0.2, -0.15) is 0 Å². The zero-order valence-corrected chi connectivity index (χ0v) is 13.2. The molecule has 1 N–H and O–H groups in total. The molecule has 20 heavy (non-hydrogen) atoms. The summed E-state index contributed by atoms with van der Waals surface area (Å²) in [4.78, 5) is 0. The van der Waals surface area contributed by atoms with E-state index >= 15 is 0 Å². The maximum Gasteiger partial charge on any atom is 0.122 e. The van der Waals surface area contributed by atoms with Gasteiger partial charge in [0.25, 0.3) is 0 Å². The van der Waals surface area contributed by atoms with Gasteiger partial charge in [-0.25, -0.2) is 0 Å². The van der Waals surface area contributed by atoms with Gasteiger partial charge in [0, 0.05) is 6.04 Å². The van der Waals surface area contributed by atoms with Crippen LogP contribution in [0.1, 0.15) is 57.9 Å². The van der Waals surface area contributed by atoms with Gasteiger partial charge in [-0.3, -0.25) is 0 Å². The van der Waals surface area contributed by atoms with Gasteiger partial charge in [0.15, 0.2) is 0 Å². The Balaban J connectivity index is 2.00. The molecular weight excluding hydrogens is 246 g/mol. The number of hydrogen-bond donors (Lipinski definition) is 1. The first-order valence-electron chi connectivity index (χ1n) is 8.15. The number of benzene rings is 1. The molecule has 0 saturated heterocycles. The molecular formula is C18H29NO. The van der Waals surface area contributed by atoms with Crippen molar-refractivity contribution in [3.05, 3.63) is 29.8 Å². The number of fused-ring (bicyclic) bond motifs is 1. The lowest BCUT2D eigenvalue weighted by Gasteiger charge is -2.29. The SMILES string of the molecule is CCNC(CCC(C)C)CC1CCOc2ccccc21. The lowest BCUT2D eigenvalue weighted by molar-refractivity contribution is 0.252. The summed E-state index contributed by atoms with van der Waals surface area (Å²) in [7, 11) is 0. The molecule has 1 aliphatic rings. The maximum absolute atomic E-state index is 5.77. The van der Waals surface area contributed by atoms with Crippen LogP contribution in [0.5, 0.6) is 5.75 Å².